The van der Waals surface area contributed by atoms with E-state index in [1.165, 1.54) is 22.7 Å². The van der Waals surface area contributed by atoms with Crippen molar-refractivity contribution in [1.82, 2.24) is 9.38 Å². The van der Waals surface area contributed by atoms with E-state index in [9.17, 15) is 14.9 Å². The van der Waals surface area contributed by atoms with Crippen molar-refractivity contribution >= 4 is 17.3 Å². The summed E-state index contributed by atoms with van der Waals surface area (Å²) in [5.74, 6) is -0.540. The summed E-state index contributed by atoms with van der Waals surface area (Å²) >= 11 is 0. The van der Waals surface area contributed by atoms with E-state index in [1.54, 1.807) is 27.7 Å². The number of fused-ring (bicyclic) bond motifs is 1. The second-order valence-corrected chi connectivity index (χ2v) is 5.42. The number of hydrogen-bond donors (Lipinski definition) is 0. The van der Waals surface area contributed by atoms with Crippen LogP contribution in [-0.2, 0) is 4.74 Å². The molecule has 106 valence electrons. The molecule has 2 aromatic rings. The van der Waals surface area contributed by atoms with Gasteiger partial charge in [0.05, 0.1) is 16.8 Å². The number of ether oxygens (including phenoxy) is 1. The Balaban J connectivity index is 2.49. The summed E-state index contributed by atoms with van der Waals surface area (Å²) in [6.07, 6.45) is 1.34. The van der Waals surface area contributed by atoms with Crippen LogP contribution in [-0.4, -0.2) is 25.9 Å². The van der Waals surface area contributed by atoms with Gasteiger partial charge in [0.15, 0.2) is 5.69 Å². The van der Waals surface area contributed by atoms with E-state index in [2.05, 4.69) is 4.98 Å². The van der Waals surface area contributed by atoms with Crippen LogP contribution in [0.2, 0.25) is 0 Å². The lowest BCUT2D eigenvalue weighted by atomic mass is 10.2. The Labute approximate surface area is 115 Å². The molecule has 0 atom stereocenters. The van der Waals surface area contributed by atoms with E-state index in [0.717, 1.165) is 0 Å². The second kappa shape index (κ2) is 4.59. The number of imidazole rings is 1. The normalized spacial score (nSPS) is 11.6. The summed E-state index contributed by atoms with van der Waals surface area (Å²) in [6.45, 7) is 6.96. The zero-order valence-corrected chi connectivity index (χ0v) is 11.7. The van der Waals surface area contributed by atoms with Gasteiger partial charge in [-0.3, -0.25) is 14.5 Å². The molecule has 0 aliphatic heterocycles. The fourth-order valence-corrected chi connectivity index (χ4v) is 1.78. The minimum Gasteiger partial charge on any atom is -0.455 e. The molecule has 0 saturated carbocycles. The average molecular weight is 277 g/mol. The van der Waals surface area contributed by atoms with Gasteiger partial charge in [0.25, 0.3) is 5.69 Å². The van der Waals surface area contributed by atoms with Gasteiger partial charge in [-0.15, -0.1) is 0 Å². The maximum absolute atomic E-state index is 12.0. The number of nitro groups is 1. The lowest BCUT2D eigenvalue weighted by Crippen LogP contribution is -2.24. The SMILES string of the molecule is Cc1c(C(=O)OC(C)(C)C)nc2ccc([N+](=O)[O-])cn12. The lowest BCUT2D eigenvalue weighted by molar-refractivity contribution is -0.385. The molecule has 0 aliphatic rings. The van der Waals surface area contributed by atoms with Crippen molar-refractivity contribution in [1.29, 1.82) is 0 Å². The number of nitrogens with zero attached hydrogens (tertiary/aromatic N) is 3. The number of pyridine rings is 1. The number of esters is 1. The van der Waals surface area contributed by atoms with Crippen LogP contribution in [0.5, 0.6) is 0 Å². The average Bonchev–Trinajstić information content (AvgIpc) is 2.64. The Morgan fingerprint density at radius 1 is 1.40 bits per heavy atom. The number of aryl methyl sites for hydroxylation is 1. The molecule has 0 N–H and O–H groups in total. The maximum Gasteiger partial charge on any atom is 0.359 e. The van der Waals surface area contributed by atoms with Gasteiger partial charge in [0.2, 0.25) is 0 Å². The van der Waals surface area contributed by atoms with Crippen molar-refractivity contribution in [2.75, 3.05) is 0 Å². The van der Waals surface area contributed by atoms with Crippen molar-refractivity contribution in [2.24, 2.45) is 0 Å². The van der Waals surface area contributed by atoms with E-state index in [4.69, 9.17) is 4.74 Å². The van der Waals surface area contributed by atoms with Crippen molar-refractivity contribution in [3.8, 4) is 0 Å². The highest BCUT2D eigenvalue weighted by atomic mass is 16.6. The summed E-state index contributed by atoms with van der Waals surface area (Å²) in [4.78, 5) is 26.5. The zero-order valence-electron chi connectivity index (χ0n) is 11.7. The molecule has 0 aromatic carbocycles. The fourth-order valence-electron chi connectivity index (χ4n) is 1.78. The van der Waals surface area contributed by atoms with Crippen molar-refractivity contribution in [2.45, 2.75) is 33.3 Å². The molecule has 7 heteroatoms. The third kappa shape index (κ3) is 2.61. The van der Waals surface area contributed by atoms with Gasteiger partial charge in [-0.2, -0.15) is 0 Å². The quantitative estimate of drug-likeness (QED) is 0.478. The first-order valence-electron chi connectivity index (χ1n) is 6.05. The molecule has 0 radical (unpaired) electrons. The molecule has 0 unspecified atom stereocenters. The first kappa shape index (κ1) is 14.0. The third-order valence-corrected chi connectivity index (χ3v) is 2.64. The van der Waals surface area contributed by atoms with Crippen LogP contribution in [0, 0.1) is 17.0 Å². The molecule has 0 saturated heterocycles. The van der Waals surface area contributed by atoms with Gasteiger partial charge in [-0.25, -0.2) is 9.78 Å². The molecule has 7 nitrogen and oxygen atoms in total. The fraction of sp³-hybridized carbons (Fsp3) is 0.385. The van der Waals surface area contributed by atoms with Crippen molar-refractivity contribution in [3.05, 3.63) is 39.8 Å². The van der Waals surface area contributed by atoms with E-state index >= 15 is 0 Å². The van der Waals surface area contributed by atoms with Gasteiger partial charge in [-0.1, -0.05) is 0 Å². The lowest BCUT2D eigenvalue weighted by Gasteiger charge is -2.18. The van der Waals surface area contributed by atoms with Crippen LogP contribution in [0.15, 0.2) is 18.3 Å². The Morgan fingerprint density at radius 3 is 2.60 bits per heavy atom. The van der Waals surface area contributed by atoms with Crippen molar-refractivity contribution < 1.29 is 14.5 Å². The van der Waals surface area contributed by atoms with Gasteiger partial charge < -0.3 is 4.74 Å². The number of aromatic nitrogens is 2. The van der Waals surface area contributed by atoms with E-state index in [1.807, 2.05) is 0 Å². The molecule has 0 spiro atoms. The van der Waals surface area contributed by atoms with Crippen LogP contribution in [0.1, 0.15) is 37.0 Å². The summed E-state index contributed by atoms with van der Waals surface area (Å²) in [6, 6.07) is 2.85. The van der Waals surface area contributed by atoms with Crippen LogP contribution >= 0.6 is 0 Å². The largest absolute Gasteiger partial charge is 0.455 e. The van der Waals surface area contributed by atoms with E-state index in [-0.39, 0.29) is 11.4 Å². The maximum atomic E-state index is 12.0. The molecule has 2 heterocycles. The summed E-state index contributed by atoms with van der Waals surface area (Å²) < 4.78 is 6.77. The Morgan fingerprint density at radius 2 is 2.05 bits per heavy atom. The Kier molecular flexibility index (Phi) is 3.21. The third-order valence-electron chi connectivity index (χ3n) is 2.64. The molecule has 0 bridgehead atoms. The highest BCUT2D eigenvalue weighted by Crippen LogP contribution is 2.19. The van der Waals surface area contributed by atoms with Crippen LogP contribution in [0.3, 0.4) is 0 Å². The molecule has 2 rings (SSSR count). The predicted molar refractivity (Wildman–Crippen MR) is 71.8 cm³/mol. The molecule has 0 amide bonds. The molecular formula is C13H15N3O4. The topological polar surface area (TPSA) is 86.7 Å². The van der Waals surface area contributed by atoms with Gasteiger partial charge >= 0.3 is 5.97 Å². The van der Waals surface area contributed by atoms with E-state index < -0.39 is 16.5 Å². The summed E-state index contributed by atoms with van der Waals surface area (Å²) in [7, 11) is 0. The standard InChI is InChI=1S/C13H15N3O4/c1-8-11(12(17)20-13(2,3)4)14-10-6-5-9(16(18)19)7-15(8)10/h5-7H,1-4H3. The Hall–Kier alpha value is -2.44. The molecule has 2 aromatic heterocycles. The van der Waals surface area contributed by atoms with Crippen LogP contribution in [0.4, 0.5) is 5.69 Å². The summed E-state index contributed by atoms with van der Waals surface area (Å²) in [5.41, 5.74) is 0.465. The molecule has 0 aliphatic carbocycles. The first-order chi connectivity index (χ1) is 9.19. The molecular weight excluding hydrogens is 262 g/mol. The minimum absolute atomic E-state index is 0.0614. The number of rotatable bonds is 2. The van der Waals surface area contributed by atoms with Crippen LogP contribution < -0.4 is 0 Å². The Bertz CT molecular complexity index is 697. The van der Waals surface area contributed by atoms with Gasteiger partial charge in [-0.05, 0) is 33.8 Å². The second-order valence-electron chi connectivity index (χ2n) is 5.42. The summed E-state index contributed by atoms with van der Waals surface area (Å²) in [5, 5.41) is 10.8. The van der Waals surface area contributed by atoms with Gasteiger partial charge in [0, 0.05) is 6.07 Å². The number of carbonyl (C=O) groups is 1. The number of carbonyl (C=O) groups excluding carboxylic acids is 1. The van der Waals surface area contributed by atoms with Gasteiger partial charge in [0.1, 0.15) is 11.2 Å². The first-order valence-corrected chi connectivity index (χ1v) is 6.05. The van der Waals surface area contributed by atoms with Crippen molar-refractivity contribution in [3.63, 3.8) is 0 Å². The monoisotopic (exact) mass is 277 g/mol. The highest BCUT2D eigenvalue weighted by Gasteiger charge is 2.23. The van der Waals surface area contributed by atoms with Crippen LogP contribution in [0.25, 0.3) is 5.65 Å². The molecule has 0 fully saturated rings. The number of hydrogen-bond acceptors (Lipinski definition) is 5. The molecule has 20 heavy (non-hydrogen) atoms. The van der Waals surface area contributed by atoms with E-state index in [0.29, 0.717) is 11.3 Å². The highest BCUT2D eigenvalue weighted by molar-refractivity contribution is 5.90. The predicted octanol–water partition coefficient (Wildman–Crippen LogP) is 2.51. The minimum atomic E-state index is -0.620. The smallest absolute Gasteiger partial charge is 0.359 e. The zero-order chi connectivity index (χ0) is 15.1.